The molecule has 1 saturated heterocycles. The maximum atomic E-state index is 12.5. The third kappa shape index (κ3) is 4.98. The number of anilines is 1. The number of halogens is 2. The van der Waals surface area contributed by atoms with Gasteiger partial charge in [0, 0.05) is 18.0 Å². The van der Waals surface area contributed by atoms with Gasteiger partial charge >= 0.3 is 0 Å². The zero-order valence-corrected chi connectivity index (χ0v) is 12.0. The summed E-state index contributed by atoms with van der Waals surface area (Å²) in [5, 5.41) is 5.28. The standard InChI is InChI=1S/C13H15F2N3O2S/c14-13(15)21-10-4-2-1-3-9(10)17-12(20)8-18-6-5-16-11(19)7-18/h1-4,13H,5-8H2,(H,16,19)(H,17,20). The third-order valence-electron chi connectivity index (χ3n) is 2.86. The second-order valence-electron chi connectivity index (χ2n) is 4.48. The van der Waals surface area contributed by atoms with Gasteiger partial charge in [-0.2, -0.15) is 8.78 Å². The number of hydrogen-bond donors (Lipinski definition) is 2. The number of nitrogens with one attached hydrogen (secondary N) is 2. The molecule has 1 aliphatic heterocycles. The van der Waals surface area contributed by atoms with Crippen molar-refractivity contribution in [1.29, 1.82) is 0 Å². The van der Waals surface area contributed by atoms with Crippen LogP contribution < -0.4 is 10.6 Å². The lowest BCUT2D eigenvalue weighted by Gasteiger charge is -2.25. The number of para-hydroxylation sites is 1. The van der Waals surface area contributed by atoms with E-state index in [0.717, 1.165) is 0 Å². The van der Waals surface area contributed by atoms with Crippen molar-refractivity contribution in [3.63, 3.8) is 0 Å². The van der Waals surface area contributed by atoms with Crippen molar-refractivity contribution in [3.8, 4) is 0 Å². The van der Waals surface area contributed by atoms with Crippen LogP contribution >= 0.6 is 11.8 Å². The van der Waals surface area contributed by atoms with Gasteiger partial charge in [0.2, 0.25) is 11.8 Å². The molecule has 1 aromatic rings. The van der Waals surface area contributed by atoms with E-state index in [4.69, 9.17) is 0 Å². The van der Waals surface area contributed by atoms with Crippen LogP contribution in [0.25, 0.3) is 0 Å². The maximum Gasteiger partial charge on any atom is 0.288 e. The van der Waals surface area contributed by atoms with Gasteiger partial charge in [-0.05, 0) is 12.1 Å². The predicted octanol–water partition coefficient (Wildman–Crippen LogP) is 1.37. The molecule has 0 aliphatic carbocycles. The fourth-order valence-electron chi connectivity index (χ4n) is 1.99. The van der Waals surface area contributed by atoms with Crippen molar-refractivity contribution in [2.24, 2.45) is 0 Å². The molecule has 0 unspecified atom stereocenters. The van der Waals surface area contributed by atoms with Gasteiger partial charge < -0.3 is 10.6 Å². The Morgan fingerprint density at radius 2 is 2.19 bits per heavy atom. The van der Waals surface area contributed by atoms with Crippen LogP contribution in [0.4, 0.5) is 14.5 Å². The Bertz CT molecular complexity index is 528. The van der Waals surface area contributed by atoms with Gasteiger partial charge in [0.25, 0.3) is 5.76 Å². The summed E-state index contributed by atoms with van der Waals surface area (Å²) in [6, 6.07) is 6.40. The molecule has 1 aromatic carbocycles. The Balaban J connectivity index is 1.94. The summed E-state index contributed by atoms with van der Waals surface area (Å²) in [5.41, 5.74) is 0.356. The van der Waals surface area contributed by atoms with Crippen LogP contribution in [0.15, 0.2) is 29.2 Å². The molecule has 0 atom stereocenters. The quantitative estimate of drug-likeness (QED) is 0.806. The van der Waals surface area contributed by atoms with E-state index in [2.05, 4.69) is 10.6 Å². The van der Waals surface area contributed by atoms with Gasteiger partial charge in [-0.1, -0.05) is 23.9 Å². The lowest BCUT2D eigenvalue weighted by molar-refractivity contribution is -0.125. The van der Waals surface area contributed by atoms with Crippen molar-refractivity contribution >= 4 is 29.3 Å². The Kier molecular flexibility index (Phi) is 5.51. The average molecular weight is 315 g/mol. The molecule has 5 nitrogen and oxygen atoms in total. The largest absolute Gasteiger partial charge is 0.354 e. The molecule has 1 aliphatic rings. The van der Waals surface area contributed by atoms with Crippen molar-refractivity contribution < 1.29 is 18.4 Å². The van der Waals surface area contributed by atoms with Crippen LogP contribution in [-0.2, 0) is 9.59 Å². The molecule has 0 aromatic heterocycles. The van der Waals surface area contributed by atoms with Crippen molar-refractivity contribution in [1.82, 2.24) is 10.2 Å². The van der Waals surface area contributed by atoms with Crippen LogP contribution in [0.2, 0.25) is 0 Å². The molecule has 1 fully saturated rings. The zero-order chi connectivity index (χ0) is 15.2. The van der Waals surface area contributed by atoms with Crippen LogP contribution in [0.1, 0.15) is 0 Å². The number of rotatable bonds is 5. The van der Waals surface area contributed by atoms with E-state index in [1.165, 1.54) is 6.07 Å². The monoisotopic (exact) mass is 315 g/mol. The first-order valence-corrected chi connectivity index (χ1v) is 7.25. The molecule has 2 N–H and O–H groups in total. The summed E-state index contributed by atoms with van der Waals surface area (Å²) >= 11 is 0.388. The lowest BCUT2D eigenvalue weighted by Crippen LogP contribution is -2.49. The minimum atomic E-state index is -2.55. The number of carbonyl (C=O) groups is 2. The van der Waals surface area contributed by atoms with Crippen LogP contribution in [0, 0.1) is 0 Å². The highest BCUT2D eigenvalue weighted by Crippen LogP contribution is 2.31. The minimum Gasteiger partial charge on any atom is -0.354 e. The van der Waals surface area contributed by atoms with E-state index < -0.39 is 5.76 Å². The summed E-state index contributed by atoms with van der Waals surface area (Å²) in [5.74, 6) is -3.00. The lowest BCUT2D eigenvalue weighted by atomic mass is 10.3. The van der Waals surface area contributed by atoms with E-state index in [9.17, 15) is 18.4 Å². The summed E-state index contributed by atoms with van der Waals surface area (Å²) in [6.45, 7) is 1.32. The molecular weight excluding hydrogens is 300 g/mol. The highest BCUT2D eigenvalue weighted by molar-refractivity contribution is 7.99. The third-order valence-corrected chi connectivity index (χ3v) is 3.65. The number of thioether (sulfide) groups is 1. The normalized spacial score (nSPS) is 15.9. The average Bonchev–Trinajstić information content (AvgIpc) is 2.40. The van der Waals surface area contributed by atoms with Gasteiger partial charge in [0.15, 0.2) is 0 Å². The van der Waals surface area contributed by atoms with Crippen LogP contribution in [0.5, 0.6) is 0 Å². The Labute approximate surface area is 125 Å². The van der Waals surface area contributed by atoms with Crippen molar-refractivity contribution in [2.45, 2.75) is 10.7 Å². The second kappa shape index (κ2) is 7.37. The number of nitrogens with zero attached hydrogens (tertiary/aromatic N) is 1. The van der Waals surface area contributed by atoms with Crippen molar-refractivity contribution in [3.05, 3.63) is 24.3 Å². The fraction of sp³-hybridized carbons (Fsp3) is 0.385. The van der Waals surface area contributed by atoms with E-state index in [1.807, 2.05) is 0 Å². The molecule has 0 spiro atoms. The number of carbonyl (C=O) groups excluding carboxylic acids is 2. The second-order valence-corrected chi connectivity index (χ2v) is 5.52. The van der Waals surface area contributed by atoms with Crippen molar-refractivity contribution in [2.75, 3.05) is 31.5 Å². The SMILES string of the molecule is O=C1CN(CC(=O)Nc2ccccc2SC(F)F)CCN1. The van der Waals surface area contributed by atoms with Gasteiger partial charge in [-0.15, -0.1) is 0 Å². The van der Waals surface area contributed by atoms with E-state index in [1.54, 1.807) is 23.1 Å². The molecule has 2 amide bonds. The summed E-state index contributed by atoms with van der Waals surface area (Å²) in [4.78, 5) is 25.2. The first-order chi connectivity index (χ1) is 10.0. The summed E-state index contributed by atoms with van der Waals surface area (Å²) in [7, 11) is 0. The number of amides is 2. The molecule has 2 rings (SSSR count). The Morgan fingerprint density at radius 3 is 2.90 bits per heavy atom. The number of alkyl halides is 2. The smallest absolute Gasteiger partial charge is 0.288 e. The first kappa shape index (κ1) is 15.7. The molecule has 8 heteroatoms. The highest BCUT2D eigenvalue weighted by atomic mass is 32.2. The molecule has 114 valence electrons. The molecule has 0 saturated carbocycles. The first-order valence-electron chi connectivity index (χ1n) is 6.37. The molecule has 0 radical (unpaired) electrons. The number of hydrogen-bond acceptors (Lipinski definition) is 4. The van der Waals surface area contributed by atoms with Gasteiger partial charge in [-0.25, -0.2) is 0 Å². The maximum absolute atomic E-state index is 12.5. The fourth-order valence-corrected chi connectivity index (χ4v) is 2.58. The van der Waals surface area contributed by atoms with Gasteiger partial charge in [0.05, 0.1) is 18.8 Å². The molecule has 1 heterocycles. The van der Waals surface area contributed by atoms with Gasteiger partial charge in [0.1, 0.15) is 0 Å². The summed E-state index contributed by atoms with van der Waals surface area (Å²) < 4.78 is 24.9. The van der Waals surface area contributed by atoms with E-state index in [0.29, 0.717) is 35.4 Å². The molecule has 0 bridgehead atoms. The minimum absolute atomic E-state index is 0.0566. The Hall–Kier alpha value is -1.67. The number of piperazine rings is 1. The zero-order valence-electron chi connectivity index (χ0n) is 11.1. The molecular formula is C13H15F2N3O2S. The van der Waals surface area contributed by atoms with Crippen LogP contribution in [-0.4, -0.2) is 48.7 Å². The van der Waals surface area contributed by atoms with E-state index in [-0.39, 0.29) is 24.9 Å². The highest BCUT2D eigenvalue weighted by Gasteiger charge is 2.19. The Morgan fingerprint density at radius 1 is 1.43 bits per heavy atom. The van der Waals surface area contributed by atoms with Gasteiger partial charge in [-0.3, -0.25) is 14.5 Å². The molecule has 21 heavy (non-hydrogen) atoms. The predicted molar refractivity (Wildman–Crippen MR) is 76.4 cm³/mol. The van der Waals surface area contributed by atoms with E-state index >= 15 is 0 Å². The summed E-state index contributed by atoms with van der Waals surface area (Å²) in [6.07, 6.45) is 0. The number of benzene rings is 1. The van der Waals surface area contributed by atoms with Crippen LogP contribution in [0.3, 0.4) is 0 Å². The topological polar surface area (TPSA) is 61.4 Å².